The monoisotopic (exact) mass is 250 g/mol. The third-order valence-corrected chi connectivity index (χ3v) is 3.25. The van der Waals surface area contributed by atoms with Gasteiger partial charge < -0.3 is 16.4 Å². The van der Waals surface area contributed by atoms with Crippen LogP contribution in [-0.2, 0) is 0 Å². The summed E-state index contributed by atoms with van der Waals surface area (Å²) in [5, 5.41) is 7.06. The molecule has 0 aromatic carbocycles. The van der Waals surface area contributed by atoms with Gasteiger partial charge in [0.15, 0.2) is 5.11 Å². The molecule has 0 amide bonds. The molecule has 92 valence electrons. The first-order valence-corrected chi connectivity index (χ1v) is 6.44. The van der Waals surface area contributed by atoms with E-state index >= 15 is 0 Å². The van der Waals surface area contributed by atoms with Crippen LogP contribution in [0.2, 0.25) is 0 Å². The lowest BCUT2D eigenvalue weighted by Crippen LogP contribution is -2.38. The lowest BCUT2D eigenvalue weighted by atomic mass is 9.96. The van der Waals surface area contributed by atoms with E-state index < -0.39 is 0 Å². The minimum absolute atomic E-state index is 0.472. The van der Waals surface area contributed by atoms with E-state index in [-0.39, 0.29) is 0 Å². The van der Waals surface area contributed by atoms with E-state index in [9.17, 15) is 0 Å². The van der Waals surface area contributed by atoms with Gasteiger partial charge in [0.25, 0.3) is 0 Å². The van der Waals surface area contributed by atoms with Crippen LogP contribution in [0.5, 0.6) is 0 Å². The van der Waals surface area contributed by atoms with E-state index in [0.29, 0.717) is 17.0 Å². The van der Waals surface area contributed by atoms with Crippen LogP contribution in [0.25, 0.3) is 0 Å². The highest BCUT2D eigenvalue weighted by Gasteiger charge is 2.14. The van der Waals surface area contributed by atoms with E-state index in [0.717, 1.165) is 5.69 Å². The number of pyridine rings is 1. The highest BCUT2D eigenvalue weighted by Crippen LogP contribution is 2.18. The molecular weight excluding hydrogens is 232 g/mol. The molecule has 1 fully saturated rings. The third kappa shape index (κ3) is 3.56. The molecule has 0 spiro atoms. The average Bonchev–Trinajstić information content (AvgIpc) is 2.33. The minimum Gasteiger partial charge on any atom is -0.382 e. The molecule has 2 rings (SSSR count). The summed E-state index contributed by atoms with van der Waals surface area (Å²) < 4.78 is 0. The molecule has 1 aliphatic carbocycles. The second-order valence-corrected chi connectivity index (χ2v) is 4.78. The van der Waals surface area contributed by atoms with Crippen LogP contribution in [0.1, 0.15) is 32.1 Å². The van der Waals surface area contributed by atoms with Crippen molar-refractivity contribution in [3.8, 4) is 0 Å². The van der Waals surface area contributed by atoms with Crippen molar-refractivity contribution in [2.75, 3.05) is 11.1 Å². The highest BCUT2D eigenvalue weighted by molar-refractivity contribution is 7.80. The van der Waals surface area contributed by atoms with Gasteiger partial charge in [-0.1, -0.05) is 19.3 Å². The Labute approximate surface area is 107 Å². The molecule has 4 nitrogen and oxygen atoms in total. The minimum atomic E-state index is 0.472. The molecule has 0 unspecified atom stereocenters. The van der Waals surface area contributed by atoms with Crippen LogP contribution in [0, 0.1) is 0 Å². The summed E-state index contributed by atoms with van der Waals surface area (Å²) >= 11 is 5.27. The van der Waals surface area contributed by atoms with Gasteiger partial charge in [-0.15, -0.1) is 0 Å². The number of hydrogen-bond donors (Lipinski definition) is 3. The number of nitrogens with zero attached hydrogens (tertiary/aromatic N) is 1. The van der Waals surface area contributed by atoms with Crippen molar-refractivity contribution in [1.82, 2.24) is 10.3 Å². The average molecular weight is 250 g/mol. The summed E-state index contributed by atoms with van der Waals surface area (Å²) in [7, 11) is 0. The molecule has 1 saturated carbocycles. The van der Waals surface area contributed by atoms with Gasteiger partial charge in [-0.3, -0.25) is 0 Å². The largest absolute Gasteiger partial charge is 0.382 e. The van der Waals surface area contributed by atoms with Crippen LogP contribution in [0.15, 0.2) is 18.3 Å². The van der Waals surface area contributed by atoms with E-state index in [2.05, 4.69) is 15.6 Å². The van der Waals surface area contributed by atoms with Crippen molar-refractivity contribution in [3.05, 3.63) is 18.3 Å². The number of rotatable bonds is 2. The lowest BCUT2D eigenvalue weighted by molar-refractivity contribution is 0.415. The fourth-order valence-electron chi connectivity index (χ4n) is 2.11. The van der Waals surface area contributed by atoms with Gasteiger partial charge in [-0.05, 0) is 37.2 Å². The predicted octanol–water partition coefficient (Wildman–Crippen LogP) is 2.28. The van der Waals surface area contributed by atoms with Crippen molar-refractivity contribution < 1.29 is 0 Å². The maximum Gasteiger partial charge on any atom is 0.171 e. The Bertz CT molecular complexity index is 388. The Morgan fingerprint density at radius 3 is 2.82 bits per heavy atom. The van der Waals surface area contributed by atoms with Gasteiger partial charge in [0.05, 0.1) is 5.69 Å². The van der Waals surface area contributed by atoms with Crippen molar-refractivity contribution in [2.24, 2.45) is 0 Å². The summed E-state index contributed by atoms with van der Waals surface area (Å²) in [6, 6.07) is 4.21. The smallest absolute Gasteiger partial charge is 0.171 e. The fourth-order valence-corrected chi connectivity index (χ4v) is 2.39. The number of thiocarbonyl (C=S) groups is 1. The predicted molar refractivity (Wildman–Crippen MR) is 74.9 cm³/mol. The summed E-state index contributed by atoms with van der Waals surface area (Å²) in [5.74, 6) is 0.472. The van der Waals surface area contributed by atoms with Crippen molar-refractivity contribution in [3.63, 3.8) is 0 Å². The van der Waals surface area contributed by atoms with E-state index in [1.807, 2.05) is 12.1 Å². The summed E-state index contributed by atoms with van der Waals surface area (Å²) in [6.07, 6.45) is 7.98. The maximum atomic E-state index is 5.74. The Morgan fingerprint density at radius 2 is 2.12 bits per heavy atom. The molecule has 17 heavy (non-hydrogen) atoms. The summed E-state index contributed by atoms with van der Waals surface area (Å²) in [5.41, 5.74) is 6.51. The first-order valence-electron chi connectivity index (χ1n) is 6.04. The second kappa shape index (κ2) is 5.82. The normalized spacial score (nSPS) is 16.5. The molecule has 1 heterocycles. The SMILES string of the molecule is Nc1ncccc1NC(=S)NC1CCCCC1. The first-order chi connectivity index (χ1) is 8.25. The molecular formula is C12H18N4S. The number of nitrogens with two attached hydrogens (primary N) is 1. The number of nitrogens with one attached hydrogen (secondary N) is 2. The van der Waals surface area contributed by atoms with E-state index in [4.69, 9.17) is 18.0 Å². The van der Waals surface area contributed by atoms with Gasteiger partial charge in [0.1, 0.15) is 5.82 Å². The van der Waals surface area contributed by atoms with Crippen molar-refractivity contribution in [2.45, 2.75) is 38.1 Å². The van der Waals surface area contributed by atoms with E-state index in [1.165, 1.54) is 32.1 Å². The number of anilines is 2. The maximum absolute atomic E-state index is 5.74. The number of nitrogen functional groups attached to an aromatic ring is 1. The quantitative estimate of drug-likeness (QED) is 0.703. The van der Waals surface area contributed by atoms with Crippen LogP contribution in [0.4, 0.5) is 11.5 Å². The molecule has 5 heteroatoms. The zero-order valence-corrected chi connectivity index (χ0v) is 10.6. The number of aromatic nitrogens is 1. The fraction of sp³-hybridized carbons (Fsp3) is 0.500. The molecule has 4 N–H and O–H groups in total. The molecule has 1 aromatic rings. The van der Waals surface area contributed by atoms with Crippen LogP contribution in [0.3, 0.4) is 0 Å². The molecule has 0 saturated heterocycles. The van der Waals surface area contributed by atoms with Crippen LogP contribution < -0.4 is 16.4 Å². The summed E-state index contributed by atoms with van der Waals surface area (Å²) in [4.78, 5) is 4.01. The van der Waals surface area contributed by atoms with Gasteiger partial charge in [0.2, 0.25) is 0 Å². The standard InChI is InChI=1S/C12H18N4S/c13-11-10(7-4-8-14-11)16-12(17)15-9-5-2-1-3-6-9/h4,7-9H,1-3,5-6H2,(H2,13,14)(H2,15,16,17). The Morgan fingerprint density at radius 1 is 1.35 bits per heavy atom. The van der Waals surface area contributed by atoms with E-state index in [1.54, 1.807) is 6.20 Å². The third-order valence-electron chi connectivity index (χ3n) is 3.03. The topological polar surface area (TPSA) is 63.0 Å². The van der Waals surface area contributed by atoms with Gasteiger partial charge in [-0.25, -0.2) is 4.98 Å². The Hall–Kier alpha value is -1.36. The Kier molecular flexibility index (Phi) is 4.14. The second-order valence-electron chi connectivity index (χ2n) is 4.37. The molecule has 0 bridgehead atoms. The zero-order valence-electron chi connectivity index (χ0n) is 9.78. The molecule has 0 atom stereocenters. The van der Waals surface area contributed by atoms with Crippen molar-refractivity contribution in [1.29, 1.82) is 0 Å². The highest BCUT2D eigenvalue weighted by atomic mass is 32.1. The van der Waals surface area contributed by atoms with Crippen LogP contribution in [-0.4, -0.2) is 16.1 Å². The molecule has 1 aromatic heterocycles. The summed E-state index contributed by atoms with van der Waals surface area (Å²) in [6.45, 7) is 0. The van der Waals surface area contributed by atoms with Gasteiger partial charge in [0, 0.05) is 12.2 Å². The number of hydrogen-bond acceptors (Lipinski definition) is 3. The van der Waals surface area contributed by atoms with Gasteiger partial charge >= 0.3 is 0 Å². The molecule has 0 radical (unpaired) electrons. The van der Waals surface area contributed by atoms with Gasteiger partial charge in [-0.2, -0.15) is 0 Å². The Balaban J connectivity index is 1.86. The zero-order chi connectivity index (χ0) is 12.1. The lowest BCUT2D eigenvalue weighted by Gasteiger charge is -2.24. The molecule has 0 aliphatic heterocycles. The van der Waals surface area contributed by atoms with Crippen molar-refractivity contribution >= 4 is 28.8 Å². The first kappa shape index (κ1) is 12.1. The van der Waals surface area contributed by atoms with Crippen LogP contribution >= 0.6 is 12.2 Å². The molecule has 1 aliphatic rings.